The molecule has 0 spiro atoms. The Balaban J connectivity index is 1.57. The van der Waals surface area contributed by atoms with E-state index in [2.05, 4.69) is 9.88 Å². The molecular formula is C25H29F4N3O3. The highest BCUT2D eigenvalue weighted by atomic mass is 19.4. The molecule has 2 aliphatic heterocycles. The normalized spacial score (nSPS) is 23.3. The van der Waals surface area contributed by atoms with Gasteiger partial charge in [0.05, 0.1) is 36.7 Å². The minimum Gasteiger partial charge on any atom is -0.487 e. The van der Waals surface area contributed by atoms with Gasteiger partial charge in [0.2, 0.25) is 0 Å². The number of carbonyl (C=O) groups is 1. The summed E-state index contributed by atoms with van der Waals surface area (Å²) >= 11 is 0. The molecule has 10 heteroatoms. The molecule has 6 nitrogen and oxygen atoms in total. The SMILES string of the molecule is C[C@@H]1Cc2cc(C(=O)O)ccc2[C@@H](c2ccc(OC3CCN(CCCF)C3)cn2)N1CC(F)(F)F. The Morgan fingerprint density at radius 1 is 1.26 bits per heavy atom. The molecule has 1 N–H and O–H groups in total. The number of carboxylic acid groups (broad SMARTS) is 1. The van der Waals surface area contributed by atoms with Crippen LogP contribution in [0.5, 0.6) is 5.75 Å². The van der Waals surface area contributed by atoms with Crippen molar-refractivity contribution in [3.63, 3.8) is 0 Å². The lowest BCUT2D eigenvalue weighted by molar-refractivity contribution is -0.155. The molecule has 3 heterocycles. The van der Waals surface area contributed by atoms with Gasteiger partial charge in [0.1, 0.15) is 11.9 Å². The molecule has 3 atom stereocenters. The number of rotatable bonds is 8. The molecule has 0 aliphatic carbocycles. The van der Waals surface area contributed by atoms with E-state index in [9.17, 15) is 27.5 Å². The van der Waals surface area contributed by atoms with Crippen LogP contribution in [0.3, 0.4) is 0 Å². The predicted molar refractivity (Wildman–Crippen MR) is 121 cm³/mol. The van der Waals surface area contributed by atoms with Crippen LogP contribution >= 0.6 is 0 Å². The molecule has 35 heavy (non-hydrogen) atoms. The van der Waals surface area contributed by atoms with Crippen LogP contribution in [0.4, 0.5) is 17.6 Å². The Hall–Kier alpha value is -2.72. The fraction of sp³-hybridized carbons (Fsp3) is 0.520. The van der Waals surface area contributed by atoms with Crippen LogP contribution in [0.25, 0.3) is 0 Å². The van der Waals surface area contributed by atoms with E-state index in [4.69, 9.17) is 4.74 Å². The van der Waals surface area contributed by atoms with Crippen molar-refractivity contribution >= 4 is 5.97 Å². The van der Waals surface area contributed by atoms with Crippen molar-refractivity contribution in [1.29, 1.82) is 0 Å². The summed E-state index contributed by atoms with van der Waals surface area (Å²) in [5.74, 6) is -0.553. The van der Waals surface area contributed by atoms with Crippen LogP contribution in [-0.2, 0) is 6.42 Å². The van der Waals surface area contributed by atoms with Gasteiger partial charge in [-0.15, -0.1) is 0 Å². The van der Waals surface area contributed by atoms with Crippen molar-refractivity contribution in [2.24, 2.45) is 0 Å². The number of aromatic nitrogens is 1. The molecule has 0 bridgehead atoms. The van der Waals surface area contributed by atoms with Gasteiger partial charge >= 0.3 is 12.1 Å². The Morgan fingerprint density at radius 2 is 2.06 bits per heavy atom. The van der Waals surface area contributed by atoms with Gasteiger partial charge < -0.3 is 9.84 Å². The number of nitrogens with zero attached hydrogens (tertiary/aromatic N) is 3. The van der Waals surface area contributed by atoms with Gasteiger partial charge in [0, 0.05) is 25.7 Å². The Bertz CT molecular complexity index is 1030. The van der Waals surface area contributed by atoms with Crippen molar-refractivity contribution in [3.05, 3.63) is 58.9 Å². The molecule has 1 unspecified atom stereocenters. The molecule has 1 aromatic heterocycles. The minimum absolute atomic E-state index is 0.0474. The number of hydrogen-bond donors (Lipinski definition) is 1. The van der Waals surface area contributed by atoms with Crippen LogP contribution in [0.1, 0.15) is 53.0 Å². The monoisotopic (exact) mass is 495 g/mol. The second-order valence-electron chi connectivity index (χ2n) is 9.25. The molecular weight excluding hydrogens is 466 g/mol. The summed E-state index contributed by atoms with van der Waals surface area (Å²) in [6, 6.07) is 6.70. The van der Waals surface area contributed by atoms with Gasteiger partial charge in [0.15, 0.2) is 0 Å². The lowest BCUT2D eigenvalue weighted by Gasteiger charge is -2.42. The summed E-state index contributed by atoms with van der Waals surface area (Å²) in [4.78, 5) is 19.4. The fourth-order valence-corrected chi connectivity index (χ4v) is 5.03. The third kappa shape index (κ3) is 6.10. The maximum absolute atomic E-state index is 13.5. The van der Waals surface area contributed by atoms with Crippen molar-refractivity contribution < 1.29 is 32.2 Å². The molecule has 1 aromatic carbocycles. The third-order valence-corrected chi connectivity index (χ3v) is 6.64. The molecule has 0 radical (unpaired) electrons. The lowest BCUT2D eigenvalue weighted by Crippen LogP contribution is -2.47. The first-order valence-electron chi connectivity index (χ1n) is 11.7. The number of halogens is 4. The Kier molecular flexibility index (Phi) is 7.61. The molecule has 1 saturated heterocycles. The van der Waals surface area contributed by atoms with E-state index in [1.54, 1.807) is 31.2 Å². The average molecular weight is 496 g/mol. The highest BCUT2D eigenvalue weighted by molar-refractivity contribution is 5.88. The molecule has 1 fully saturated rings. The fourth-order valence-electron chi connectivity index (χ4n) is 5.03. The largest absolute Gasteiger partial charge is 0.487 e. The number of carboxylic acids is 1. The quantitative estimate of drug-likeness (QED) is 0.545. The summed E-state index contributed by atoms with van der Waals surface area (Å²) in [5.41, 5.74) is 1.88. The highest BCUT2D eigenvalue weighted by Gasteiger charge is 2.41. The number of hydrogen-bond acceptors (Lipinski definition) is 5. The zero-order chi connectivity index (χ0) is 25.2. The molecule has 190 valence electrons. The maximum Gasteiger partial charge on any atom is 0.401 e. The molecule has 0 saturated carbocycles. The Morgan fingerprint density at radius 3 is 2.71 bits per heavy atom. The number of alkyl halides is 4. The summed E-state index contributed by atoms with van der Waals surface area (Å²) in [6.07, 6.45) is -1.31. The van der Waals surface area contributed by atoms with E-state index in [0.717, 1.165) is 13.0 Å². The van der Waals surface area contributed by atoms with E-state index >= 15 is 0 Å². The van der Waals surface area contributed by atoms with E-state index < -0.39 is 30.8 Å². The number of likely N-dealkylation sites (tertiary alicyclic amines) is 1. The number of ether oxygens (including phenoxy) is 1. The van der Waals surface area contributed by atoms with Crippen LogP contribution in [0.15, 0.2) is 36.5 Å². The van der Waals surface area contributed by atoms with Gasteiger partial charge in [0.25, 0.3) is 0 Å². The van der Waals surface area contributed by atoms with E-state index in [1.165, 1.54) is 17.2 Å². The van der Waals surface area contributed by atoms with Gasteiger partial charge in [-0.3, -0.25) is 19.2 Å². The second kappa shape index (κ2) is 10.5. The van der Waals surface area contributed by atoms with Crippen LogP contribution in [0.2, 0.25) is 0 Å². The van der Waals surface area contributed by atoms with Gasteiger partial charge in [-0.1, -0.05) is 6.07 Å². The van der Waals surface area contributed by atoms with Crippen molar-refractivity contribution in [3.8, 4) is 5.75 Å². The molecule has 2 aliphatic rings. The minimum atomic E-state index is -4.40. The van der Waals surface area contributed by atoms with Gasteiger partial charge in [-0.05, 0) is 61.6 Å². The van der Waals surface area contributed by atoms with E-state index in [0.29, 0.717) is 48.5 Å². The lowest BCUT2D eigenvalue weighted by atomic mass is 9.85. The van der Waals surface area contributed by atoms with Crippen molar-refractivity contribution in [1.82, 2.24) is 14.8 Å². The first-order chi connectivity index (χ1) is 16.6. The molecule has 2 aromatic rings. The first kappa shape index (κ1) is 25.4. The summed E-state index contributed by atoms with van der Waals surface area (Å²) < 4.78 is 58.8. The Labute approximate surface area is 201 Å². The van der Waals surface area contributed by atoms with E-state index in [-0.39, 0.29) is 18.3 Å². The predicted octanol–water partition coefficient (Wildman–Crippen LogP) is 4.49. The third-order valence-electron chi connectivity index (χ3n) is 6.64. The highest BCUT2D eigenvalue weighted by Crippen LogP contribution is 2.39. The zero-order valence-corrected chi connectivity index (χ0v) is 19.5. The summed E-state index contributed by atoms with van der Waals surface area (Å²) in [7, 11) is 0. The number of benzene rings is 1. The number of fused-ring (bicyclic) bond motifs is 1. The van der Waals surface area contributed by atoms with Crippen LogP contribution in [0, 0.1) is 0 Å². The van der Waals surface area contributed by atoms with Crippen molar-refractivity contribution in [2.75, 3.05) is 32.9 Å². The smallest absolute Gasteiger partial charge is 0.401 e. The summed E-state index contributed by atoms with van der Waals surface area (Å²) in [5, 5.41) is 9.34. The second-order valence-corrected chi connectivity index (χ2v) is 9.25. The maximum atomic E-state index is 13.5. The summed E-state index contributed by atoms with van der Waals surface area (Å²) in [6.45, 7) is 2.47. The zero-order valence-electron chi connectivity index (χ0n) is 19.5. The van der Waals surface area contributed by atoms with Crippen LogP contribution < -0.4 is 4.74 Å². The standard InChI is InChI=1S/C25H29F4N3O3/c1-16-11-18-12-17(24(33)34)3-5-21(18)23(32(16)15-25(27,28)29)22-6-4-19(13-30-22)35-20-7-10-31(14-20)9-2-8-26/h3-6,12-13,16,20,23H,2,7-11,14-15H2,1H3,(H,33,34)/t16-,20?,23+/m1/s1. The van der Waals surface area contributed by atoms with Crippen molar-refractivity contribution in [2.45, 2.75) is 50.6 Å². The van der Waals surface area contributed by atoms with E-state index in [1.807, 2.05) is 0 Å². The number of aromatic carboxylic acids is 1. The molecule has 0 amide bonds. The van der Waals surface area contributed by atoms with Gasteiger partial charge in [-0.2, -0.15) is 13.2 Å². The average Bonchev–Trinajstić information content (AvgIpc) is 3.25. The topological polar surface area (TPSA) is 65.9 Å². The number of pyridine rings is 1. The first-order valence-corrected chi connectivity index (χ1v) is 11.7. The van der Waals surface area contributed by atoms with Gasteiger partial charge in [-0.25, -0.2) is 4.79 Å². The van der Waals surface area contributed by atoms with Crippen LogP contribution in [-0.4, -0.2) is 77.0 Å². The molecule has 4 rings (SSSR count).